The minimum atomic E-state index is 0.588. The summed E-state index contributed by atoms with van der Waals surface area (Å²) in [7, 11) is 0. The summed E-state index contributed by atoms with van der Waals surface area (Å²) in [5.74, 6) is 0.588. The molecule has 0 spiro atoms. The minimum absolute atomic E-state index is 0.588. The molecule has 1 heterocycles. The molecule has 1 rings (SSSR count). The SMILES string of the molecule is C/C=C/[C@@H](C)c1cccs1. The van der Waals surface area contributed by atoms with Crippen LogP contribution in [0.5, 0.6) is 0 Å². The number of hydrogen-bond acceptors (Lipinski definition) is 1. The van der Waals surface area contributed by atoms with Gasteiger partial charge < -0.3 is 0 Å². The van der Waals surface area contributed by atoms with Gasteiger partial charge in [-0.1, -0.05) is 25.1 Å². The molecule has 0 bridgehead atoms. The molecule has 1 aromatic rings. The van der Waals surface area contributed by atoms with Crippen LogP contribution in [0.3, 0.4) is 0 Å². The van der Waals surface area contributed by atoms with Gasteiger partial charge in [0.2, 0.25) is 0 Å². The van der Waals surface area contributed by atoms with E-state index >= 15 is 0 Å². The van der Waals surface area contributed by atoms with Crippen molar-refractivity contribution < 1.29 is 0 Å². The average Bonchev–Trinajstić information content (AvgIpc) is 2.38. The molecule has 0 aliphatic rings. The molecule has 0 aromatic carbocycles. The molecule has 0 aliphatic heterocycles. The maximum absolute atomic E-state index is 2.21. The van der Waals surface area contributed by atoms with Crippen LogP contribution >= 0.6 is 11.3 Å². The zero-order valence-corrected chi connectivity index (χ0v) is 7.19. The van der Waals surface area contributed by atoms with E-state index in [1.807, 2.05) is 11.3 Å². The second-order valence-corrected chi connectivity index (χ2v) is 3.31. The monoisotopic (exact) mass is 152 g/mol. The van der Waals surface area contributed by atoms with E-state index in [-0.39, 0.29) is 0 Å². The molecule has 10 heavy (non-hydrogen) atoms. The molecule has 1 aromatic heterocycles. The second-order valence-electron chi connectivity index (χ2n) is 2.33. The molecule has 0 saturated heterocycles. The Hall–Kier alpha value is -0.560. The molecule has 0 N–H and O–H groups in total. The van der Waals surface area contributed by atoms with E-state index in [4.69, 9.17) is 0 Å². The Kier molecular flexibility index (Phi) is 2.69. The fourth-order valence-corrected chi connectivity index (χ4v) is 1.70. The average molecular weight is 152 g/mol. The smallest absolute Gasteiger partial charge is 0.0111 e. The van der Waals surface area contributed by atoms with Gasteiger partial charge in [-0.15, -0.1) is 11.3 Å². The first-order chi connectivity index (χ1) is 4.84. The zero-order valence-electron chi connectivity index (χ0n) is 6.37. The van der Waals surface area contributed by atoms with E-state index in [1.54, 1.807) is 0 Å². The lowest BCUT2D eigenvalue weighted by Gasteiger charge is -1.99. The third-order valence-corrected chi connectivity index (χ3v) is 2.55. The number of hydrogen-bond donors (Lipinski definition) is 0. The summed E-state index contributed by atoms with van der Waals surface area (Å²) in [5.41, 5.74) is 0. The van der Waals surface area contributed by atoms with Gasteiger partial charge in [-0.05, 0) is 18.4 Å². The van der Waals surface area contributed by atoms with Gasteiger partial charge in [0, 0.05) is 10.8 Å². The molecule has 54 valence electrons. The summed E-state index contributed by atoms with van der Waals surface area (Å²) in [6.45, 7) is 4.27. The predicted molar refractivity (Wildman–Crippen MR) is 47.5 cm³/mol. The lowest BCUT2D eigenvalue weighted by Crippen LogP contribution is -1.81. The van der Waals surface area contributed by atoms with Crippen LogP contribution < -0.4 is 0 Å². The zero-order chi connectivity index (χ0) is 7.40. The Morgan fingerprint density at radius 3 is 2.90 bits per heavy atom. The lowest BCUT2D eigenvalue weighted by molar-refractivity contribution is 0.995. The highest BCUT2D eigenvalue weighted by atomic mass is 32.1. The normalized spacial score (nSPS) is 14.2. The summed E-state index contributed by atoms with van der Waals surface area (Å²) in [6.07, 6.45) is 4.32. The third-order valence-electron chi connectivity index (χ3n) is 1.47. The molecule has 0 amide bonds. The van der Waals surface area contributed by atoms with Crippen molar-refractivity contribution in [3.8, 4) is 0 Å². The van der Waals surface area contributed by atoms with Gasteiger partial charge in [0.25, 0.3) is 0 Å². The van der Waals surface area contributed by atoms with E-state index in [0.29, 0.717) is 5.92 Å². The van der Waals surface area contributed by atoms with Crippen LogP contribution in [0, 0.1) is 0 Å². The van der Waals surface area contributed by atoms with E-state index in [0.717, 1.165) is 0 Å². The summed E-state index contributed by atoms with van der Waals surface area (Å²) in [6, 6.07) is 4.27. The Morgan fingerprint density at radius 2 is 2.40 bits per heavy atom. The number of rotatable bonds is 2. The van der Waals surface area contributed by atoms with Gasteiger partial charge in [0.05, 0.1) is 0 Å². The molecule has 0 radical (unpaired) electrons. The first kappa shape index (κ1) is 7.55. The highest BCUT2D eigenvalue weighted by Crippen LogP contribution is 2.21. The molecular formula is C9H12S. The highest BCUT2D eigenvalue weighted by molar-refractivity contribution is 7.10. The van der Waals surface area contributed by atoms with Gasteiger partial charge in [-0.2, -0.15) is 0 Å². The summed E-state index contributed by atoms with van der Waals surface area (Å²) >= 11 is 1.82. The standard InChI is InChI=1S/C9H12S/c1-3-5-8(2)9-6-4-7-10-9/h3-8H,1-2H3/b5-3+/t8-/m1/s1. The van der Waals surface area contributed by atoms with Crippen LogP contribution in [-0.2, 0) is 0 Å². The summed E-state index contributed by atoms with van der Waals surface area (Å²) in [5, 5.41) is 2.12. The van der Waals surface area contributed by atoms with E-state index in [1.165, 1.54) is 4.88 Å². The van der Waals surface area contributed by atoms with Crippen molar-refractivity contribution in [2.24, 2.45) is 0 Å². The highest BCUT2D eigenvalue weighted by Gasteiger charge is 1.99. The van der Waals surface area contributed by atoms with Crippen molar-refractivity contribution in [1.82, 2.24) is 0 Å². The Balaban J connectivity index is 2.67. The molecular weight excluding hydrogens is 140 g/mol. The van der Waals surface area contributed by atoms with Gasteiger partial charge in [0.1, 0.15) is 0 Å². The van der Waals surface area contributed by atoms with Crippen molar-refractivity contribution in [2.75, 3.05) is 0 Å². The van der Waals surface area contributed by atoms with E-state index < -0.39 is 0 Å². The minimum Gasteiger partial charge on any atom is -0.148 e. The maximum atomic E-state index is 2.21. The van der Waals surface area contributed by atoms with Crippen molar-refractivity contribution in [1.29, 1.82) is 0 Å². The molecule has 0 aliphatic carbocycles. The fraction of sp³-hybridized carbons (Fsp3) is 0.333. The lowest BCUT2D eigenvalue weighted by atomic mass is 10.1. The molecule has 0 fully saturated rings. The topological polar surface area (TPSA) is 0 Å². The van der Waals surface area contributed by atoms with Crippen molar-refractivity contribution in [3.05, 3.63) is 34.5 Å². The number of allylic oxidation sites excluding steroid dienone is 2. The van der Waals surface area contributed by atoms with Crippen LogP contribution in [0.2, 0.25) is 0 Å². The van der Waals surface area contributed by atoms with E-state index in [2.05, 4.69) is 43.5 Å². The van der Waals surface area contributed by atoms with Crippen LogP contribution in [0.15, 0.2) is 29.7 Å². The Bertz CT molecular complexity index is 197. The Morgan fingerprint density at radius 1 is 1.60 bits per heavy atom. The molecule has 1 atom stereocenters. The third kappa shape index (κ3) is 1.71. The number of thiophene rings is 1. The summed E-state index contributed by atoms with van der Waals surface area (Å²) < 4.78 is 0. The van der Waals surface area contributed by atoms with Crippen molar-refractivity contribution in [3.63, 3.8) is 0 Å². The Labute approximate surface area is 66.2 Å². The van der Waals surface area contributed by atoms with Crippen LogP contribution in [-0.4, -0.2) is 0 Å². The molecule has 0 saturated carbocycles. The fourth-order valence-electron chi connectivity index (χ4n) is 0.934. The first-order valence-electron chi connectivity index (χ1n) is 3.51. The van der Waals surface area contributed by atoms with Gasteiger partial charge in [0.15, 0.2) is 0 Å². The van der Waals surface area contributed by atoms with Crippen molar-refractivity contribution in [2.45, 2.75) is 19.8 Å². The molecule has 0 unspecified atom stereocenters. The molecule has 0 nitrogen and oxygen atoms in total. The van der Waals surface area contributed by atoms with Crippen LogP contribution in [0.25, 0.3) is 0 Å². The van der Waals surface area contributed by atoms with Gasteiger partial charge in [-0.25, -0.2) is 0 Å². The second kappa shape index (κ2) is 3.57. The maximum Gasteiger partial charge on any atom is 0.0111 e. The first-order valence-corrected chi connectivity index (χ1v) is 4.38. The van der Waals surface area contributed by atoms with Crippen molar-refractivity contribution >= 4 is 11.3 Å². The largest absolute Gasteiger partial charge is 0.148 e. The van der Waals surface area contributed by atoms with Gasteiger partial charge in [-0.3, -0.25) is 0 Å². The van der Waals surface area contributed by atoms with E-state index in [9.17, 15) is 0 Å². The predicted octanol–water partition coefficient (Wildman–Crippen LogP) is 3.43. The summed E-state index contributed by atoms with van der Waals surface area (Å²) in [4.78, 5) is 1.44. The molecule has 1 heteroatoms. The van der Waals surface area contributed by atoms with Crippen LogP contribution in [0.1, 0.15) is 24.6 Å². The quantitative estimate of drug-likeness (QED) is 0.569. The van der Waals surface area contributed by atoms with Gasteiger partial charge >= 0.3 is 0 Å². The van der Waals surface area contributed by atoms with Crippen LogP contribution in [0.4, 0.5) is 0 Å².